The normalized spacial score (nSPS) is 19.8. The standard InChI is InChI=1S/C18H23N3O4S/c1-18(2)9-4-3-7-14(18)11-16(22)21-26(23,24)15-8-5-6-13(10-15)17-20-19-12-25-17/h5-6,8,10,12,14H,3-4,7,9,11H2,1-2H3,(H,21,22)/t14-/m0/s1. The molecule has 1 aliphatic carbocycles. The van der Waals surface area contributed by atoms with Crippen LogP contribution in [-0.2, 0) is 14.8 Å². The molecule has 0 saturated heterocycles. The molecular formula is C18H23N3O4S. The van der Waals surface area contributed by atoms with Crippen molar-refractivity contribution in [1.82, 2.24) is 14.9 Å². The van der Waals surface area contributed by atoms with E-state index in [2.05, 4.69) is 28.8 Å². The highest BCUT2D eigenvalue weighted by atomic mass is 32.2. The van der Waals surface area contributed by atoms with E-state index in [0.717, 1.165) is 25.7 Å². The summed E-state index contributed by atoms with van der Waals surface area (Å²) < 4.78 is 32.4. The van der Waals surface area contributed by atoms with Crippen molar-refractivity contribution in [3.63, 3.8) is 0 Å². The summed E-state index contributed by atoms with van der Waals surface area (Å²) in [5.74, 6) is -0.0540. The van der Waals surface area contributed by atoms with Crippen LogP contribution in [0.3, 0.4) is 0 Å². The van der Waals surface area contributed by atoms with Crippen molar-refractivity contribution >= 4 is 15.9 Å². The lowest BCUT2D eigenvalue weighted by molar-refractivity contribution is -0.121. The Morgan fingerprint density at radius 3 is 2.85 bits per heavy atom. The summed E-state index contributed by atoms with van der Waals surface area (Å²) >= 11 is 0. The third-order valence-electron chi connectivity index (χ3n) is 5.16. The van der Waals surface area contributed by atoms with Gasteiger partial charge in [0.2, 0.25) is 18.2 Å². The van der Waals surface area contributed by atoms with E-state index in [1.54, 1.807) is 12.1 Å². The van der Waals surface area contributed by atoms with Crippen LogP contribution in [0.25, 0.3) is 11.5 Å². The Balaban J connectivity index is 1.72. The first-order chi connectivity index (χ1) is 12.3. The van der Waals surface area contributed by atoms with E-state index in [9.17, 15) is 13.2 Å². The Labute approximate surface area is 153 Å². The van der Waals surface area contributed by atoms with Crippen LogP contribution < -0.4 is 4.72 Å². The minimum absolute atomic E-state index is 0.00976. The second-order valence-electron chi connectivity index (χ2n) is 7.44. The van der Waals surface area contributed by atoms with Crippen molar-refractivity contribution in [1.29, 1.82) is 0 Å². The van der Waals surface area contributed by atoms with E-state index in [4.69, 9.17) is 4.42 Å². The lowest BCUT2D eigenvalue weighted by Gasteiger charge is -2.38. The molecule has 1 fully saturated rings. The van der Waals surface area contributed by atoms with Gasteiger partial charge in [-0.25, -0.2) is 13.1 Å². The van der Waals surface area contributed by atoms with E-state index in [-0.39, 0.29) is 28.5 Å². The second-order valence-corrected chi connectivity index (χ2v) is 9.12. The highest BCUT2D eigenvalue weighted by Gasteiger charge is 2.34. The second kappa shape index (κ2) is 7.19. The van der Waals surface area contributed by atoms with Crippen LogP contribution in [0, 0.1) is 11.3 Å². The molecule has 0 bridgehead atoms. The van der Waals surface area contributed by atoms with Crippen LogP contribution in [0.2, 0.25) is 0 Å². The summed E-state index contributed by atoms with van der Waals surface area (Å²) in [7, 11) is -3.95. The van der Waals surface area contributed by atoms with Crippen molar-refractivity contribution in [2.45, 2.75) is 50.8 Å². The lowest BCUT2D eigenvalue weighted by Crippen LogP contribution is -2.36. The SMILES string of the molecule is CC1(C)CCCC[C@H]1CC(=O)NS(=O)(=O)c1cccc(-c2nnco2)c1. The first-order valence-electron chi connectivity index (χ1n) is 8.70. The summed E-state index contributed by atoms with van der Waals surface area (Å²) in [5.41, 5.74) is 0.531. The van der Waals surface area contributed by atoms with Gasteiger partial charge in [0.25, 0.3) is 10.0 Å². The van der Waals surface area contributed by atoms with Gasteiger partial charge in [-0.2, -0.15) is 0 Å². The van der Waals surface area contributed by atoms with Gasteiger partial charge in [-0.3, -0.25) is 4.79 Å². The number of carbonyl (C=O) groups is 1. The van der Waals surface area contributed by atoms with Gasteiger partial charge in [-0.1, -0.05) is 32.8 Å². The molecule has 1 N–H and O–H groups in total. The van der Waals surface area contributed by atoms with Gasteiger partial charge in [0.05, 0.1) is 4.90 Å². The van der Waals surface area contributed by atoms with Crippen molar-refractivity contribution < 1.29 is 17.6 Å². The molecule has 0 unspecified atom stereocenters. The van der Waals surface area contributed by atoms with Crippen LogP contribution >= 0.6 is 0 Å². The van der Waals surface area contributed by atoms with Crippen LogP contribution in [0.4, 0.5) is 0 Å². The van der Waals surface area contributed by atoms with Gasteiger partial charge in [0.15, 0.2) is 0 Å². The van der Waals surface area contributed by atoms with Crippen LogP contribution in [0.15, 0.2) is 40.0 Å². The summed E-state index contributed by atoms with van der Waals surface area (Å²) in [6, 6.07) is 6.08. The van der Waals surface area contributed by atoms with Gasteiger partial charge in [-0.05, 0) is 42.4 Å². The Kier molecular flexibility index (Phi) is 5.13. The van der Waals surface area contributed by atoms with Crippen molar-refractivity contribution in [3.8, 4) is 11.5 Å². The zero-order valence-electron chi connectivity index (χ0n) is 14.9. The average molecular weight is 377 g/mol. The first kappa shape index (κ1) is 18.6. The monoisotopic (exact) mass is 377 g/mol. The molecule has 140 valence electrons. The van der Waals surface area contributed by atoms with Crippen molar-refractivity contribution in [3.05, 3.63) is 30.7 Å². The molecule has 1 aromatic heterocycles. The molecule has 7 nitrogen and oxygen atoms in total. The highest BCUT2D eigenvalue weighted by Crippen LogP contribution is 2.42. The number of carbonyl (C=O) groups excluding carboxylic acids is 1. The molecular weight excluding hydrogens is 354 g/mol. The zero-order chi connectivity index (χ0) is 18.8. The molecule has 2 aromatic rings. The number of nitrogens with one attached hydrogen (secondary N) is 1. The lowest BCUT2D eigenvalue weighted by atomic mass is 9.67. The Bertz CT molecular complexity index is 876. The minimum Gasteiger partial charge on any atom is -0.423 e. The van der Waals surface area contributed by atoms with Gasteiger partial charge >= 0.3 is 0 Å². The summed E-state index contributed by atoms with van der Waals surface area (Å²) in [6.07, 6.45) is 5.64. The molecule has 0 aliphatic heterocycles. The van der Waals surface area contributed by atoms with Crippen molar-refractivity contribution in [2.75, 3.05) is 0 Å². The fourth-order valence-electron chi connectivity index (χ4n) is 3.51. The number of benzene rings is 1. The van der Waals surface area contributed by atoms with Crippen LogP contribution in [0.1, 0.15) is 46.0 Å². The zero-order valence-corrected chi connectivity index (χ0v) is 15.8. The van der Waals surface area contributed by atoms with Gasteiger partial charge in [0, 0.05) is 12.0 Å². The first-order valence-corrected chi connectivity index (χ1v) is 10.2. The molecule has 3 rings (SSSR count). The van der Waals surface area contributed by atoms with Crippen LogP contribution in [0.5, 0.6) is 0 Å². The third kappa shape index (κ3) is 4.12. The molecule has 8 heteroatoms. The molecule has 1 atom stereocenters. The number of aromatic nitrogens is 2. The van der Waals surface area contributed by atoms with Gasteiger partial charge in [0.1, 0.15) is 0 Å². The van der Waals surface area contributed by atoms with E-state index in [1.165, 1.54) is 18.5 Å². The average Bonchev–Trinajstić information content (AvgIpc) is 3.11. The maximum absolute atomic E-state index is 12.6. The maximum atomic E-state index is 12.6. The molecule has 26 heavy (non-hydrogen) atoms. The highest BCUT2D eigenvalue weighted by molar-refractivity contribution is 7.90. The number of amides is 1. The van der Waals surface area contributed by atoms with Crippen LogP contribution in [-0.4, -0.2) is 24.5 Å². The summed E-state index contributed by atoms with van der Waals surface area (Å²) in [6.45, 7) is 4.29. The molecule has 1 amide bonds. The van der Waals surface area contributed by atoms with Crippen molar-refractivity contribution in [2.24, 2.45) is 11.3 Å². The Morgan fingerprint density at radius 1 is 1.35 bits per heavy atom. The fourth-order valence-corrected chi connectivity index (χ4v) is 4.55. The quantitative estimate of drug-likeness (QED) is 0.859. The van der Waals surface area contributed by atoms with E-state index >= 15 is 0 Å². The smallest absolute Gasteiger partial charge is 0.264 e. The Morgan fingerprint density at radius 2 is 2.15 bits per heavy atom. The number of nitrogens with zero attached hydrogens (tertiary/aromatic N) is 2. The molecule has 1 aromatic carbocycles. The topological polar surface area (TPSA) is 102 Å². The predicted octanol–water partition coefficient (Wildman–Crippen LogP) is 3.15. The number of hydrogen-bond donors (Lipinski definition) is 1. The largest absolute Gasteiger partial charge is 0.423 e. The number of hydrogen-bond acceptors (Lipinski definition) is 6. The molecule has 0 spiro atoms. The molecule has 1 heterocycles. The summed E-state index contributed by atoms with van der Waals surface area (Å²) in [5, 5.41) is 7.35. The Hall–Kier alpha value is -2.22. The van der Waals surface area contributed by atoms with E-state index < -0.39 is 15.9 Å². The minimum atomic E-state index is -3.95. The van der Waals surface area contributed by atoms with Gasteiger partial charge < -0.3 is 4.42 Å². The molecule has 1 aliphatic rings. The fraction of sp³-hybridized carbons (Fsp3) is 0.500. The van der Waals surface area contributed by atoms with Gasteiger partial charge in [-0.15, -0.1) is 10.2 Å². The molecule has 0 radical (unpaired) electrons. The van der Waals surface area contributed by atoms with E-state index in [0.29, 0.717) is 5.56 Å². The van der Waals surface area contributed by atoms with E-state index in [1.807, 2.05) is 0 Å². The third-order valence-corrected chi connectivity index (χ3v) is 6.53. The number of rotatable bonds is 5. The predicted molar refractivity (Wildman–Crippen MR) is 95.4 cm³/mol. The summed E-state index contributed by atoms with van der Waals surface area (Å²) in [4.78, 5) is 12.4. The maximum Gasteiger partial charge on any atom is 0.264 e. The number of sulfonamides is 1. The molecule has 1 saturated carbocycles.